The smallest absolute Gasteiger partial charge is 0.0682 e. The fourth-order valence-corrected chi connectivity index (χ4v) is 2.38. The van der Waals surface area contributed by atoms with Crippen molar-refractivity contribution in [2.24, 2.45) is 4.99 Å². The molecular formula is C15H14BrClN2O. The Hall–Kier alpha value is -1.36. The van der Waals surface area contributed by atoms with Crippen LogP contribution in [0.5, 0.6) is 0 Å². The van der Waals surface area contributed by atoms with Crippen LogP contribution in [0.25, 0.3) is 0 Å². The highest BCUT2D eigenvalue weighted by Crippen LogP contribution is 2.27. The minimum absolute atomic E-state index is 0.0866. The Morgan fingerprint density at radius 3 is 2.85 bits per heavy atom. The first-order valence-electron chi connectivity index (χ1n) is 6.01. The highest BCUT2D eigenvalue weighted by Gasteiger charge is 2.05. The molecule has 3 nitrogen and oxygen atoms in total. The molecule has 5 heteroatoms. The maximum absolute atomic E-state index is 9.19. The Morgan fingerprint density at radius 1 is 1.40 bits per heavy atom. The number of aliphatic hydroxyl groups excluding tert-OH is 1. The van der Waals surface area contributed by atoms with Crippen LogP contribution in [0.15, 0.2) is 39.8 Å². The van der Waals surface area contributed by atoms with Crippen LogP contribution in [-0.2, 0) is 6.61 Å². The van der Waals surface area contributed by atoms with E-state index in [4.69, 9.17) is 17.3 Å². The van der Waals surface area contributed by atoms with E-state index in [9.17, 15) is 5.11 Å². The van der Waals surface area contributed by atoms with Gasteiger partial charge in [-0.15, -0.1) is 0 Å². The van der Waals surface area contributed by atoms with Crippen molar-refractivity contribution in [1.29, 1.82) is 0 Å². The Kier molecular flexibility index (Phi) is 4.81. The van der Waals surface area contributed by atoms with Crippen molar-refractivity contribution in [3.05, 3.63) is 56.5 Å². The molecule has 0 spiro atoms. The average Bonchev–Trinajstić information content (AvgIpc) is 2.44. The monoisotopic (exact) mass is 352 g/mol. The Bertz CT molecular complexity index is 671. The van der Waals surface area contributed by atoms with E-state index >= 15 is 0 Å². The van der Waals surface area contributed by atoms with Crippen LogP contribution in [0.3, 0.4) is 0 Å². The number of aliphatic hydroxyl groups is 1. The molecule has 0 bridgehead atoms. The van der Waals surface area contributed by atoms with E-state index < -0.39 is 0 Å². The van der Waals surface area contributed by atoms with E-state index in [1.54, 1.807) is 18.3 Å². The van der Waals surface area contributed by atoms with Crippen molar-refractivity contribution in [2.75, 3.05) is 5.73 Å². The summed E-state index contributed by atoms with van der Waals surface area (Å²) in [4.78, 5) is 4.44. The second-order valence-corrected chi connectivity index (χ2v) is 5.64. The third-order valence-electron chi connectivity index (χ3n) is 2.99. The van der Waals surface area contributed by atoms with Crippen molar-refractivity contribution < 1.29 is 5.11 Å². The number of nitrogens with two attached hydrogens (primary N) is 1. The van der Waals surface area contributed by atoms with Crippen molar-refractivity contribution >= 4 is 45.1 Å². The van der Waals surface area contributed by atoms with Gasteiger partial charge in [-0.2, -0.15) is 0 Å². The molecule has 0 atom stereocenters. The Morgan fingerprint density at radius 2 is 2.15 bits per heavy atom. The fourth-order valence-electron chi connectivity index (χ4n) is 1.77. The van der Waals surface area contributed by atoms with Gasteiger partial charge in [-0.1, -0.05) is 33.6 Å². The molecule has 0 unspecified atom stereocenters. The number of rotatable bonds is 3. The number of benzene rings is 2. The molecular weight excluding hydrogens is 340 g/mol. The van der Waals surface area contributed by atoms with Gasteiger partial charge in [0.2, 0.25) is 0 Å². The second kappa shape index (κ2) is 6.39. The molecule has 0 amide bonds. The molecule has 0 saturated carbocycles. The highest BCUT2D eigenvalue weighted by molar-refractivity contribution is 9.10. The number of nitrogens with zero attached hydrogens (tertiary/aromatic N) is 1. The zero-order chi connectivity index (χ0) is 14.7. The molecule has 0 fully saturated rings. The van der Waals surface area contributed by atoms with Gasteiger partial charge in [0, 0.05) is 16.3 Å². The molecule has 0 aliphatic carbocycles. The molecule has 0 aliphatic rings. The standard InChI is InChI=1S/C15H14BrClN2O/c1-9-12(16)3-2-4-14(9)19-7-11-5-10(8-20)6-13(17)15(11)18/h2-7,20H,8,18H2,1H3. The third kappa shape index (κ3) is 3.20. The zero-order valence-electron chi connectivity index (χ0n) is 10.9. The average molecular weight is 354 g/mol. The normalized spacial score (nSPS) is 11.2. The number of anilines is 1. The van der Waals surface area contributed by atoms with E-state index in [0.717, 1.165) is 15.7 Å². The Balaban J connectivity index is 2.41. The summed E-state index contributed by atoms with van der Waals surface area (Å²) >= 11 is 9.50. The first-order valence-corrected chi connectivity index (χ1v) is 7.18. The third-order valence-corrected chi connectivity index (χ3v) is 4.16. The summed E-state index contributed by atoms with van der Waals surface area (Å²) in [7, 11) is 0. The van der Waals surface area contributed by atoms with Crippen LogP contribution in [0.4, 0.5) is 11.4 Å². The lowest BCUT2D eigenvalue weighted by atomic mass is 10.1. The van der Waals surface area contributed by atoms with E-state index in [2.05, 4.69) is 20.9 Å². The van der Waals surface area contributed by atoms with Gasteiger partial charge in [-0.3, -0.25) is 4.99 Å². The summed E-state index contributed by atoms with van der Waals surface area (Å²) in [5, 5.41) is 9.61. The van der Waals surface area contributed by atoms with E-state index in [0.29, 0.717) is 21.8 Å². The van der Waals surface area contributed by atoms with Crippen molar-refractivity contribution in [3.8, 4) is 0 Å². The van der Waals surface area contributed by atoms with Gasteiger partial charge < -0.3 is 10.8 Å². The van der Waals surface area contributed by atoms with Gasteiger partial charge in [0.15, 0.2) is 0 Å². The van der Waals surface area contributed by atoms with Crippen molar-refractivity contribution in [1.82, 2.24) is 0 Å². The molecule has 3 N–H and O–H groups in total. The predicted octanol–water partition coefficient (Wildman–Crippen LogP) is 4.24. The zero-order valence-corrected chi connectivity index (χ0v) is 13.2. The van der Waals surface area contributed by atoms with Crippen LogP contribution in [-0.4, -0.2) is 11.3 Å². The maximum Gasteiger partial charge on any atom is 0.0682 e. The summed E-state index contributed by atoms with van der Waals surface area (Å²) in [5.41, 5.74) is 9.68. The lowest BCUT2D eigenvalue weighted by molar-refractivity contribution is 0.282. The molecule has 20 heavy (non-hydrogen) atoms. The van der Waals surface area contributed by atoms with E-state index in [1.807, 2.05) is 25.1 Å². The first-order chi connectivity index (χ1) is 9.52. The summed E-state index contributed by atoms with van der Waals surface area (Å²) in [6.45, 7) is 1.90. The van der Waals surface area contributed by atoms with Gasteiger partial charge in [0.25, 0.3) is 0 Å². The van der Waals surface area contributed by atoms with Crippen LogP contribution in [0, 0.1) is 6.92 Å². The van der Waals surface area contributed by atoms with Gasteiger partial charge >= 0.3 is 0 Å². The van der Waals surface area contributed by atoms with E-state index in [1.165, 1.54) is 0 Å². The van der Waals surface area contributed by atoms with Gasteiger partial charge in [0.1, 0.15) is 0 Å². The molecule has 0 aliphatic heterocycles. The lowest BCUT2D eigenvalue weighted by Gasteiger charge is -2.06. The SMILES string of the molecule is Cc1c(Br)cccc1N=Cc1cc(CO)cc(Cl)c1N. The van der Waals surface area contributed by atoms with Crippen LogP contribution >= 0.6 is 27.5 Å². The topological polar surface area (TPSA) is 58.6 Å². The minimum Gasteiger partial charge on any atom is -0.397 e. The summed E-state index contributed by atoms with van der Waals surface area (Å²) in [6, 6.07) is 9.23. The van der Waals surface area contributed by atoms with Gasteiger partial charge in [0.05, 0.1) is 23.0 Å². The van der Waals surface area contributed by atoms with Crippen LogP contribution < -0.4 is 5.73 Å². The largest absolute Gasteiger partial charge is 0.397 e. The first kappa shape index (κ1) is 15.0. The molecule has 0 saturated heterocycles. The number of aliphatic imine (C=N–C) groups is 1. The number of nitrogen functional groups attached to an aromatic ring is 1. The van der Waals surface area contributed by atoms with Crippen molar-refractivity contribution in [2.45, 2.75) is 13.5 Å². The lowest BCUT2D eigenvalue weighted by Crippen LogP contribution is -1.97. The molecule has 0 aromatic heterocycles. The van der Waals surface area contributed by atoms with Crippen LogP contribution in [0.1, 0.15) is 16.7 Å². The number of hydrogen-bond donors (Lipinski definition) is 2. The summed E-state index contributed by atoms with van der Waals surface area (Å²) < 4.78 is 1.00. The van der Waals surface area contributed by atoms with Gasteiger partial charge in [-0.25, -0.2) is 0 Å². The highest BCUT2D eigenvalue weighted by atomic mass is 79.9. The van der Waals surface area contributed by atoms with Crippen molar-refractivity contribution in [3.63, 3.8) is 0 Å². The van der Waals surface area contributed by atoms with Crippen LogP contribution in [0.2, 0.25) is 5.02 Å². The Labute approximate surface area is 131 Å². The molecule has 0 radical (unpaired) electrons. The summed E-state index contributed by atoms with van der Waals surface area (Å²) in [6.07, 6.45) is 1.66. The second-order valence-electron chi connectivity index (χ2n) is 4.38. The fraction of sp³-hybridized carbons (Fsp3) is 0.133. The minimum atomic E-state index is -0.0866. The summed E-state index contributed by atoms with van der Waals surface area (Å²) in [5.74, 6) is 0. The molecule has 2 aromatic carbocycles. The number of halogens is 2. The predicted molar refractivity (Wildman–Crippen MR) is 87.9 cm³/mol. The maximum atomic E-state index is 9.19. The molecule has 0 heterocycles. The quantitative estimate of drug-likeness (QED) is 0.640. The molecule has 104 valence electrons. The molecule has 2 rings (SSSR count). The van der Waals surface area contributed by atoms with E-state index in [-0.39, 0.29) is 6.61 Å². The molecule has 2 aromatic rings. The van der Waals surface area contributed by atoms with Gasteiger partial charge in [-0.05, 0) is 42.3 Å². The number of hydrogen-bond acceptors (Lipinski definition) is 3.